The van der Waals surface area contributed by atoms with E-state index in [1.54, 1.807) is 22.9 Å². The molecule has 9 heteroatoms. The van der Waals surface area contributed by atoms with E-state index in [1.807, 2.05) is 18.7 Å². The molecule has 0 radical (unpaired) electrons. The van der Waals surface area contributed by atoms with Gasteiger partial charge in [-0.3, -0.25) is 14.4 Å². The van der Waals surface area contributed by atoms with Crippen LogP contribution in [0.15, 0.2) is 30.3 Å². The number of hydrogen-bond donors (Lipinski definition) is 2. The Morgan fingerprint density at radius 3 is 2.84 bits per heavy atom. The summed E-state index contributed by atoms with van der Waals surface area (Å²) in [5.41, 5.74) is 3.57. The summed E-state index contributed by atoms with van der Waals surface area (Å²) in [4.78, 5) is 18.9. The van der Waals surface area contributed by atoms with E-state index in [0.29, 0.717) is 36.2 Å². The molecule has 1 saturated heterocycles. The Bertz CT molecular complexity index is 1250. The minimum atomic E-state index is -0.950. The van der Waals surface area contributed by atoms with E-state index in [2.05, 4.69) is 22.5 Å². The number of hydrogen-bond acceptors (Lipinski definition) is 6. The van der Waals surface area contributed by atoms with Crippen molar-refractivity contribution in [3.63, 3.8) is 0 Å². The van der Waals surface area contributed by atoms with Crippen molar-refractivity contribution in [3.8, 4) is 0 Å². The van der Waals surface area contributed by atoms with Crippen LogP contribution in [0, 0.1) is 5.95 Å². The highest BCUT2D eigenvalue weighted by molar-refractivity contribution is 5.88. The van der Waals surface area contributed by atoms with Crippen molar-refractivity contribution < 1.29 is 19.0 Å². The number of unbranched alkanes of at least 4 members (excludes halogenated alkanes) is 2. The van der Waals surface area contributed by atoms with E-state index in [4.69, 9.17) is 9.72 Å². The fraction of sp³-hybridized carbons (Fsp3) is 0.536. The molecule has 1 fully saturated rings. The highest BCUT2D eigenvalue weighted by Gasteiger charge is 2.39. The summed E-state index contributed by atoms with van der Waals surface area (Å²) in [7, 11) is 0. The van der Waals surface area contributed by atoms with Crippen LogP contribution in [-0.4, -0.2) is 63.1 Å². The van der Waals surface area contributed by atoms with Gasteiger partial charge in [0.05, 0.1) is 17.0 Å². The number of nitrogens with zero attached hydrogens (tertiary/aromatic N) is 4. The van der Waals surface area contributed by atoms with Crippen molar-refractivity contribution in [1.82, 2.24) is 19.7 Å². The first kappa shape index (κ1) is 25.6. The molecule has 8 nitrogen and oxygen atoms in total. The second-order valence-corrected chi connectivity index (χ2v) is 10.4. The molecule has 0 bridgehead atoms. The Morgan fingerprint density at radius 2 is 2.05 bits per heavy atom. The fourth-order valence-corrected chi connectivity index (χ4v) is 5.39. The van der Waals surface area contributed by atoms with Crippen LogP contribution >= 0.6 is 0 Å². The van der Waals surface area contributed by atoms with Gasteiger partial charge < -0.3 is 15.2 Å². The molecule has 37 heavy (non-hydrogen) atoms. The molecule has 2 aliphatic heterocycles. The predicted octanol–water partition coefficient (Wildman–Crippen LogP) is 4.75. The van der Waals surface area contributed by atoms with Crippen LogP contribution in [0.2, 0.25) is 0 Å². The number of carbonyl (C=O) groups is 1. The van der Waals surface area contributed by atoms with Gasteiger partial charge in [0.1, 0.15) is 11.9 Å². The maximum atomic E-state index is 14.4. The van der Waals surface area contributed by atoms with Crippen LogP contribution in [0.1, 0.15) is 68.4 Å². The average Bonchev–Trinajstić information content (AvgIpc) is 3.21. The van der Waals surface area contributed by atoms with Gasteiger partial charge in [-0.15, -0.1) is 5.10 Å². The summed E-state index contributed by atoms with van der Waals surface area (Å²) < 4.78 is 22.0. The van der Waals surface area contributed by atoms with Gasteiger partial charge >= 0.3 is 5.97 Å². The Kier molecular flexibility index (Phi) is 7.71. The summed E-state index contributed by atoms with van der Waals surface area (Å²) in [6, 6.07) is 8.51. The van der Waals surface area contributed by atoms with Gasteiger partial charge in [0.15, 0.2) is 0 Å². The molecular weight excluding hydrogens is 473 g/mol. The normalized spacial score (nSPS) is 17.0. The molecule has 2 aliphatic rings. The minimum absolute atomic E-state index is 0.0150. The van der Waals surface area contributed by atoms with Crippen molar-refractivity contribution in [2.75, 3.05) is 31.6 Å². The number of anilines is 1. The molecule has 3 aromatic rings. The monoisotopic (exact) mass is 509 g/mol. The molecular formula is C28H36FN5O3. The highest BCUT2D eigenvalue weighted by atomic mass is 19.1. The maximum Gasteiger partial charge on any atom is 0.325 e. The molecule has 1 unspecified atom stereocenters. The number of carboxylic acid groups (broad SMARTS) is 1. The molecule has 0 amide bonds. The SMILES string of the molecule is CC(C)n1nc(F)c2cccc(C(C(=O)O)N3CC(OCCCCCc4ccc5c(n4)NCCC5)C3)c21. The predicted molar refractivity (Wildman–Crippen MR) is 140 cm³/mol. The molecule has 0 aliphatic carbocycles. The lowest BCUT2D eigenvalue weighted by molar-refractivity contribution is -0.150. The lowest BCUT2D eigenvalue weighted by Gasteiger charge is -2.42. The van der Waals surface area contributed by atoms with Crippen molar-refractivity contribution in [2.24, 2.45) is 0 Å². The zero-order valence-corrected chi connectivity index (χ0v) is 21.6. The lowest BCUT2D eigenvalue weighted by atomic mass is 9.98. The minimum Gasteiger partial charge on any atom is -0.480 e. The number of carboxylic acids is 1. The Labute approximate surface area is 216 Å². The molecule has 0 spiro atoms. The summed E-state index contributed by atoms with van der Waals surface area (Å²) in [5.74, 6) is -0.469. The molecule has 5 rings (SSSR count). The average molecular weight is 510 g/mol. The Morgan fingerprint density at radius 1 is 1.22 bits per heavy atom. The maximum absolute atomic E-state index is 14.4. The Balaban J connectivity index is 1.09. The van der Waals surface area contributed by atoms with E-state index < -0.39 is 18.0 Å². The van der Waals surface area contributed by atoms with Crippen LogP contribution in [-0.2, 0) is 22.4 Å². The van der Waals surface area contributed by atoms with Gasteiger partial charge in [-0.25, -0.2) is 4.98 Å². The number of aliphatic carboxylic acids is 1. The number of likely N-dealkylation sites (tertiary alicyclic amines) is 1. The van der Waals surface area contributed by atoms with Gasteiger partial charge in [-0.2, -0.15) is 4.39 Å². The molecule has 1 atom stereocenters. The molecule has 1 aromatic carbocycles. The third-order valence-electron chi connectivity index (χ3n) is 7.36. The third kappa shape index (κ3) is 5.48. The van der Waals surface area contributed by atoms with Crippen molar-refractivity contribution >= 4 is 22.7 Å². The van der Waals surface area contributed by atoms with Gasteiger partial charge in [-0.05, 0) is 63.6 Å². The zero-order chi connectivity index (χ0) is 25.9. The number of nitrogens with one attached hydrogen (secondary N) is 1. The van der Waals surface area contributed by atoms with E-state index >= 15 is 0 Å². The van der Waals surface area contributed by atoms with E-state index in [9.17, 15) is 14.3 Å². The third-order valence-corrected chi connectivity index (χ3v) is 7.36. The lowest BCUT2D eigenvalue weighted by Crippen LogP contribution is -2.55. The smallest absolute Gasteiger partial charge is 0.325 e. The summed E-state index contributed by atoms with van der Waals surface area (Å²) in [6.45, 7) is 6.56. The molecule has 198 valence electrons. The van der Waals surface area contributed by atoms with Crippen LogP contribution in [0.4, 0.5) is 10.2 Å². The van der Waals surface area contributed by atoms with Gasteiger partial charge in [0.2, 0.25) is 5.95 Å². The molecule has 2 N–H and O–H groups in total. The molecule has 0 saturated carbocycles. The van der Waals surface area contributed by atoms with E-state index in [-0.39, 0.29) is 12.1 Å². The fourth-order valence-electron chi connectivity index (χ4n) is 5.39. The molecule has 2 aromatic heterocycles. The summed E-state index contributed by atoms with van der Waals surface area (Å²) in [6.07, 6.45) is 6.35. The Hall–Kier alpha value is -3.04. The first-order valence-electron chi connectivity index (χ1n) is 13.4. The van der Waals surface area contributed by atoms with Crippen molar-refractivity contribution in [1.29, 1.82) is 0 Å². The van der Waals surface area contributed by atoms with Gasteiger partial charge in [0.25, 0.3) is 0 Å². The summed E-state index contributed by atoms with van der Waals surface area (Å²) in [5, 5.41) is 17.8. The van der Waals surface area contributed by atoms with E-state index in [1.165, 1.54) is 12.0 Å². The first-order chi connectivity index (χ1) is 17.9. The largest absolute Gasteiger partial charge is 0.480 e. The quantitative estimate of drug-likeness (QED) is 0.361. The second-order valence-electron chi connectivity index (χ2n) is 10.4. The van der Waals surface area contributed by atoms with Gasteiger partial charge in [0, 0.05) is 43.5 Å². The standard InChI is InChI=1S/C28H36FN5O3/c1-18(2)34-24-22(10-6-11-23(24)26(29)32-34)25(28(35)36)33-16-21(17-33)37-15-5-3-4-9-20-13-12-19-8-7-14-30-27(19)31-20/h6,10-13,18,21,25H,3-5,7-9,14-17H2,1-2H3,(H,30,31)(H,35,36). The number of halogens is 1. The number of para-hydroxylation sites is 1. The van der Waals surface area contributed by atoms with Crippen LogP contribution in [0.3, 0.4) is 0 Å². The van der Waals surface area contributed by atoms with Crippen LogP contribution < -0.4 is 5.32 Å². The number of fused-ring (bicyclic) bond motifs is 2. The highest BCUT2D eigenvalue weighted by Crippen LogP contribution is 2.34. The number of rotatable bonds is 11. The number of ether oxygens (including phenoxy) is 1. The van der Waals surface area contributed by atoms with Crippen LogP contribution in [0.5, 0.6) is 0 Å². The number of aryl methyl sites for hydroxylation is 2. The van der Waals surface area contributed by atoms with E-state index in [0.717, 1.165) is 50.2 Å². The number of benzene rings is 1. The summed E-state index contributed by atoms with van der Waals surface area (Å²) >= 11 is 0. The van der Waals surface area contributed by atoms with Crippen LogP contribution in [0.25, 0.3) is 10.9 Å². The van der Waals surface area contributed by atoms with Crippen molar-refractivity contribution in [2.45, 2.75) is 70.6 Å². The zero-order valence-electron chi connectivity index (χ0n) is 21.6. The second kappa shape index (κ2) is 11.1. The molecule has 4 heterocycles. The first-order valence-corrected chi connectivity index (χ1v) is 13.4. The van der Waals surface area contributed by atoms with Crippen molar-refractivity contribution in [3.05, 3.63) is 53.1 Å². The van der Waals surface area contributed by atoms with Gasteiger partial charge in [-0.1, -0.05) is 24.6 Å². The number of aromatic nitrogens is 3. The number of pyridine rings is 1. The topological polar surface area (TPSA) is 92.5 Å².